The van der Waals surface area contributed by atoms with Crippen LogP contribution in [-0.2, 0) is 0 Å². The van der Waals surface area contributed by atoms with Crippen LogP contribution in [0.15, 0.2) is 0 Å². The molecule has 0 aliphatic carbocycles. The van der Waals surface area contributed by atoms with E-state index in [1.54, 1.807) is 0 Å². The van der Waals surface area contributed by atoms with Crippen LogP contribution in [0.3, 0.4) is 0 Å². The molecule has 3 N–H and O–H groups in total. The Balaban J connectivity index is 2.27. The van der Waals surface area contributed by atoms with Crippen molar-refractivity contribution in [2.24, 2.45) is 11.7 Å². The van der Waals surface area contributed by atoms with Crippen molar-refractivity contribution in [1.29, 1.82) is 0 Å². The molecule has 1 aliphatic heterocycles. The van der Waals surface area contributed by atoms with E-state index in [-0.39, 0.29) is 0 Å². The maximum absolute atomic E-state index is 8.79. The lowest BCUT2D eigenvalue weighted by molar-refractivity contribution is 0.209. The number of nitrogens with two attached hydrogens (primary N) is 1. The first-order valence-corrected chi connectivity index (χ1v) is 5.90. The highest BCUT2D eigenvalue weighted by molar-refractivity contribution is 4.71. The Hall–Kier alpha value is -0.120. The molecule has 1 fully saturated rings. The number of aliphatic hydroxyl groups excluding tert-OH is 1. The Morgan fingerprint density at radius 1 is 1.36 bits per heavy atom. The molecule has 0 aromatic heterocycles. The van der Waals surface area contributed by atoms with Crippen LogP contribution in [0.25, 0.3) is 0 Å². The molecule has 14 heavy (non-hydrogen) atoms. The zero-order valence-corrected chi connectivity index (χ0v) is 9.12. The third-order valence-electron chi connectivity index (χ3n) is 3.06. The molecule has 1 saturated heterocycles. The van der Waals surface area contributed by atoms with Gasteiger partial charge in [-0.15, -0.1) is 0 Å². The predicted molar refractivity (Wildman–Crippen MR) is 59.2 cm³/mol. The molecule has 1 aliphatic rings. The van der Waals surface area contributed by atoms with Crippen LogP contribution in [0.5, 0.6) is 0 Å². The summed E-state index contributed by atoms with van der Waals surface area (Å²) in [5.74, 6) is 0.793. The fraction of sp³-hybridized carbons (Fsp3) is 1.00. The monoisotopic (exact) mass is 200 g/mol. The van der Waals surface area contributed by atoms with E-state index >= 15 is 0 Å². The minimum absolute atomic E-state index is 0.318. The lowest BCUT2D eigenvalue weighted by Crippen LogP contribution is -2.30. The van der Waals surface area contributed by atoms with Gasteiger partial charge in [0.25, 0.3) is 0 Å². The molecular formula is C11H24N2O. The molecule has 1 atom stereocenters. The quantitative estimate of drug-likeness (QED) is 0.691. The van der Waals surface area contributed by atoms with E-state index in [9.17, 15) is 0 Å². The van der Waals surface area contributed by atoms with Gasteiger partial charge in [-0.25, -0.2) is 0 Å². The first-order valence-electron chi connectivity index (χ1n) is 5.90. The highest BCUT2D eigenvalue weighted by Crippen LogP contribution is 2.18. The number of hydrogen-bond acceptors (Lipinski definition) is 3. The topological polar surface area (TPSA) is 49.5 Å². The second kappa shape index (κ2) is 7.21. The van der Waals surface area contributed by atoms with Crippen molar-refractivity contribution in [2.75, 3.05) is 32.8 Å². The van der Waals surface area contributed by atoms with E-state index < -0.39 is 0 Å². The van der Waals surface area contributed by atoms with Gasteiger partial charge >= 0.3 is 0 Å². The third-order valence-corrected chi connectivity index (χ3v) is 3.06. The van der Waals surface area contributed by atoms with Crippen LogP contribution in [0.4, 0.5) is 0 Å². The molecule has 0 aromatic rings. The van der Waals surface area contributed by atoms with Gasteiger partial charge in [0, 0.05) is 19.7 Å². The normalized spacial score (nSPS) is 24.9. The van der Waals surface area contributed by atoms with Crippen LogP contribution < -0.4 is 5.73 Å². The molecule has 0 aromatic carbocycles. The smallest absolute Gasteiger partial charge is 0.0443 e. The molecule has 1 heterocycles. The van der Waals surface area contributed by atoms with Gasteiger partial charge in [-0.3, -0.25) is 0 Å². The number of aliphatic hydroxyl groups is 1. The van der Waals surface area contributed by atoms with E-state index in [1.807, 2.05) is 0 Å². The molecular weight excluding hydrogens is 176 g/mol. The molecule has 1 unspecified atom stereocenters. The first kappa shape index (κ1) is 12.0. The molecule has 0 spiro atoms. The lowest BCUT2D eigenvalue weighted by Gasteiger charge is -2.23. The largest absolute Gasteiger partial charge is 0.396 e. The van der Waals surface area contributed by atoms with Crippen molar-refractivity contribution in [3.05, 3.63) is 0 Å². The van der Waals surface area contributed by atoms with Gasteiger partial charge in [-0.1, -0.05) is 6.42 Å². The van der Waals surface area contributed by atoms with Gasteiger partial charge in [0.15, 0.2) is 0 Å². The highest BCUT2D eigenvalue weighted by Gasteiger charge is 2.16. The standard InChI is InChI=1S/C11H24N2O/c12-6-5-11-4-1-2-7-13(10-11)8-3-9-14/h11,14H,1-10,12H2. The van der Waals surface area contributed by atoms with E-state index in [1.165, 1.54) is 32.4 Å². The molecule has 3 heteroatoms. The average Bonchev–Trinajstić information content (AvgIpc) is 2.41. The van der Waals surface area contributed by atoms with Crippen molar-refractivity contribution in [2.45, 2.75) is 32.1 Å². The van der Waals surface area contributed by atoms with E-state index in [0.29, 0.717) is 6.61 Å². The number of likely N-dealkylation sites (tertiary alicyclic amines) is 1. The number of hydrogen-bond donors (Lipinski definition) is 2. The maximum atomic E-state index is 8.79. The summed E-state index contributed by atoms with van der Waals surface area (Å²) in [5.41, 5.74) is 5.60. The molecule has 84 valence electrons. The SMILES string of the molecule is NCCC1CCCCN(CCCO)C1. The van der Waals surface area contributed by atoms with Crippen molar-refractivity contribution in [3.63, 3.8) is 0 Å². The van der Waals surface area contributed by atoms with Crippen LogP contribution in [-0.4, -0.2) is 42.8 Å². The summed E-state index contributed by atoms with van der Waals surface area (Å²) in [5, 5.41) is 8.79. The second-order valence-electron chi connectivity index (χ2n) is 4.32. The van der Waals surface area contributed by atoms with Crippen molar-refractivity contribution < 1.29 is 5.11 Å². The summed E-state index contributed by atoms with van der Waals surface area (Å²) in [6.45, 7) is 4.59. The van der Waals surface area contributed by atoms with Crippen molar-refractivity contribution in [3.8, 4) is 0 Å². The molecule has 3 nitrogen and oxygen atoms in total. The van der Waals surface area contributed by atoms with E-state index in [2.05, 4.69) is 4.90 Å². The summed E-state index contributed by atoms with van der Waals surface area (Å²) < 4.78 is 0. The summed E-state index contributed by atoms with van der Waals surface area (Å²) in [4.78, 5) is 2.49. The molecule has 0 bridgehead atoms. The average molecular weight is 200 g/mol. The molecule has 1 rings (SSSR count). The Labute approximate surface area is 87.3 Å². The van der Waals surface area contributed by atoms with Crippen LogP contribution in [0.1, 0.15) is 32.1 Å². The Bertz CT molecular complexity index is 141. The lowest BCUT2D eigenvalue weighted by atomic mass is 10.00. The number of nitrogens with zero attached hydrogens (tertiary/aromatic N) is 1. The summed E-state index contributed by atoms with van der Waals surface area (Å²) in [6.07, 6.45) is 6.07. The van der Waals surface area contributed by atoms with Gasteiger partial charge in [0.2, 0.25) is 0 Å². The third kappa shape index (κ3) is 4.40. The van der Waals surface area contributed by atoms with Crippen LogP contribution >= 0.6 is 0 Å². The van der Waals surface area contributed by atoms with Gasteiger partial charge in [0.05, 0.1) is 0 Å². The van der Waals surface area contributed by atoms with Crippen LogP contribution in [0, 0.1) is 5.92 Å². The van der Waals surface area contributed by atoms with Gasteiger partial charge < -0.3 is 15.7 Å². The zero-order chi connectivity index (χ0) is 10.2. The van der Waals surface area contributed by atoms with Gasteiger partial charge in [0.1, 0.15) is 0 Å². The van der Waals surface area contributed by atoms with E-state index in [0.717, 1.165) is 31.8 Å². The predicted octanol–water partition coefficient (Wildman–Crippen LogP) is 0.820. The molecule has 0 radical (unpaired) electrons. The zero-order valence-electron chi connectivity index (χ0n) is 9.12. The van der Waals surface area contributed by atoms with Gasteiger partial charge in [-0.05, 0) is 44.7 Å². The minimum Gasteiger partial charge on any atom is -0.396 e. The van der Waals surface area contributed by atoms with E-state index in [4.69, 9.17) is 10.8 Å². The summed E-state index contributed by atoms with van der Waals surface area (Å²) in [6, 6.07) is 0. The summed E-state index contributed by atoms with van der Waals surface area (Å²) in [7, 11) is 0. The second-order valence-corrected chi connectivity index (χ2v) is 4.32. The minimum atomic E-state index is 0.318. The maximum Gasteiger partial charge on any atom is 0.0443 e. The Kier molecular flexibility index (Phi) is 6.15. The van der Waals surface area contributed by atoms with Crippen molar-refractivity contribution >= 4 is 0 Å². The highest BCUT2D eigenvalue weighted by atomic mass is 16.3. The van der Waals surface area contributed by atoms with Crippen LogP contribution in [0.2, 0.25) is 0 Å². The van der Waals surface area contributed by atoms with Crippen molar-refractivity contribution in [1.82, 2.24) is 4.90 Å². The molecule has 0 saturated carbocycles. The number of rotatable bonds is 5. The Morgan fingerprint density at radius 3 is 2.93 bits per heavy atom. The molecule has 0 amide bonds. The fourth-order valence-electron chi connectivity index (χ4n) is 2.28. The Morgan fingerprint density at radius 2 is 2.21 bits per heavy atom. The fourth-order valence-corrected chi connectivity index (χ4v) is 2.28. The van der Waals surface area contributed by atoms with Gasteiger partial charge in [-0.2, -0.15) is 0 Å². The first-order chi connectivity index (χ1) is 6.86. The summed E-state index contributed by atoms with van der Waals surface area (Å²) >= 11 is 0.